The molecule has 0 amide bonds. The van der Waals surface area contributed by atoms with Crippen molar-refractivity contribution in [2.75, 3.05) is 63.1 Å². The number of anilines is 3. The van der Waals surface area contributed by atoms with E-state index in [1.54, 1.807) is 18.5 Å². The van der Waals surface area contributed by atoms with E-state index in [2.05, 4.69) is 71.9 Å². The van der Waals surface area contributed by atoms with Crippen LogP contribution in [0.3, 0.4) is 0 Å². The summed E-state index contributed by atoms with van der Waals surface area (Å²) in [6.07, 6.45) is 11.2. The summed E-state index contributed by atoms with van der Waals surface area (Å²) in [6.45, 7) is 8.93. The lowest BCUT2D eigenvalue weighted by Crippen LogP contribution is -2.43. The SMILES string of the molecule is CN1CCN(Cc2ccc(C#Cc3cnc(Nc4ccnc(-c5cnn(S(=O)(=O)C6CC6)c5)n4)cc3N3CCC(C)(CO)CC3)cn2)CC1. The van der Waals surface area contributed by atoms with Crippen LogP contribution in [0.2, 0.25) is 0 Å². The summed E-state index contributed by atoms with van der Waals surface area (Å²) in [5, 5.41) is 17.0. The van der Waals surface area contributed by atoms with Crippen LogP contribution in [0.25, 0.3) is 11.4 Å². The second-order valence-electron chi connectivity index (χ2n) is 13.6. The van der Waals surface area contributed by atoms with Gasteiger partial charge in [-0.3, -0.25) is 9.88 Å². The van der Waals surface area contributed by atoms with E-state index >= 15 is 0 Å². The topological polar surface area (TPSA) is 146 Å². The Morgan fingerprint density at radius 3 is 2.47 bits per heavy atom. The van der Waals surface area contributed by atoms with E-state index in [-0.39, 0.29) is 17.3 Å². The number of piperazine rings is 1. The Hall–Kier alpha value is -4.42. The van der Waals surface area contributed by atoms with Crippen molar-refractivity contribution in [3.63, 3.8) is 0 Å². The second kappa shape index (κ2) is 13.8. The first-order valence-corrected chi connectivity index (χ1v) is 18.3. The van der Waals surface area contributed by atoms with Gasteiger partial charge in [0.1, 0.15) is 11.6 Å². The van der Waals surface area contributed by atoms with Crippen LogP contribution >= 0.6 is 0 Å². The lowest BCUT2D eigenvalue weighted by atomic mass is 9.81. The Balaban J connectivity index is 1.10. The average molecular weight is 683 g/mol. The van der Waals surface area contributed by atoms with Crippen LogP contribution in [0.1, 0.15) is 49.4 Å². The van der Waals surface area contributed by atoms with Gasteiger partial charge in [0.25, 0.3) is 10.0 Å². The largest absolute Gasteiger partial charge is 0.396 e. The van der Waals surface area contributed by atoms with E-state index in [1.165, 1.54) is 12.4 Å². The summed E-state index contributed by atoms with van der Waals surface area (Å²) >= 11 is 0. The second-order valence-corrected chi connectivity index (χ2v) is 15.7. The Kier molecular flexibility index (Phi) is 9.34. The number of rotatable bonds is 9. The van der Waals surface area contributed by atoms with Gasteiger partial charge >= 0.3 is 0 Å². The molecule has 2 N–H and O–H groups in total. The molecule has 4 aromatic heterocycles. The number of aromatic nitrogens is 6. The summed E-state index contributed by atoms with van der Waals surface area (Å²) in [4.78, 5) is 25.4. The number of hydrogen-bond donors (Lipinski definition) is 2. The van der Waals surface area contributed by atoms with Crippen molar-refractivity contribution >= 4 is 27.3 Å². The number of pyridine rings is 2. The van der Waals surface area contributed by atoms with Crippen molar-refractivity contribution < 1.29 is 13.5 Å². The van der Waals surface area contributed by atoms with Crippen molar-refractivity contribution in [1.29, 1.82) is 0 Å². The Bertz CT molecular complexity index is 1950. The summed E-state index contributed by atoms with van der Waals surface area (Å²) < 4.78 is 26.3. The third-order valence-electron chi connectivity index (χ3n) is 9.66. The minimum absolute atomic E-state index is 0.100. The Morgan fingerprint density at radius 1 is 0.959 bits per heavy atom. The number of piperidine rings is 1. The maximum Gasteiger partial charge on any atom is 0.256 e. The zero-order chi connectivity index (χ0) is 34.0. The molecule has 13 nitrogen and oxygen atoms in total. The number of nitrogens with zero attached hydrogens (tertiary/aromatic N) is 9. The Labute approximate surface area is 287 Å². The molecular formula is C35H42N10O3S. The van der Waals surface area contributed by atoms with Gasteiger partial charge in [-0.2, -0.15) is 9.19 Å². The van der Waals surface area contributed by atoms with Crippen LogP contribution in [0.15, 0.2) is 55.2 Å². The molecule has 0 spiro atoms. The molecule has 256 valence electrons. The van der Waals surface area contributed by atoms with Gasteiger partial charge in [-0.25, -0.2) is 23.4 Å². The molecule has 0 aromatic carbocycles. The smallest absolute Gasteiger partial charge is 0.256 e. The molecule has 6 heterocycles. The highest BCUT2D eigenvalue weighted by Crippen LogP contribution is 2.35. The molecule has 0 atom stereocenters. The maximum absolute atomic E-state index is 12.6. The zero-order valence-corrected chi connectivity index (χ0v) is 28.8. The lowest BCUT2D eigenvalue weighted by molar-refractivity contribution is 0.115. The molecule has 0 bridgehead atoms. The summed E-state index contributed by atoms with van der Waals surface area (Å²) in [6, 6.07) is 7.80. The molecule has 1 saturated carbocycles. The highest BCUT2D eigenvalue weighted by atomic mass is 32.2. The predicted molar refractivity (Wildman–Crippen MR) is 188 cm³/mol. The van der Waals surface area contributed by atoms with Crippen molar-refractivity contribution in [3.8, 4) is 23.2 Å². The first-order chi connectivity index (χ1) is 23.7. The predicted octanol–water partition coefficient (Wildman–Crippen LogP) is 2.96. The fraction of sp³-hybridized carbons (Fsp3) is 0.457. The summed E-state index contributed by atoms with van der Waals surface area (Å²) in [5.74, 6) is 8.08. The van der Waals surface area contributed by atoms with E-state index in [0.717, 1.165) is 85.3 Å². The first kappa shape index (κ1) is 33.1. The molecule has 2 aliphatic heterocycles. The van der Waals surface area contributed by atoms with Gasteiger partial charge in [0, 0.05) is 82.6 Å². The quantitative estimate of drug-likeness (QED) is 0.251. The van der Waals surface area contributed by atoms with Gasteiger partial charge in [0.05, 0.1) is 40.2 Å². The molecule has 3 fully saturated rings. The normalized spacial score (nSPS) is 18.6. The summed E-state index contributed by atoms with van der Waals surface area (Å²) in [7, 11) is -1.33. The van der Waals surface area contributed by atoms with E-state index < -0.39 is 10.0 Å². The number of aliphatic hydroxyl groups excluding tert-OH is 1. The fourth-order valence-electron chi connectivity index (χ4n) is 6.06. The van der Waals surface area contributed by atoms with E-state index in [1.807, 2.05) is 18.3 Å². The number of likely N-dealkylation sites (N-methyl/N-ethyl adjacent to an activating group) is 1. The van der Waals surface area contributed by atoms with Crippen LogP contribution in [-0.4, -0.2) is 111 Å². The number of hydrogen-bond acceptors (Lipinski definition) is 12. The van der Waals surface area contributed by atoms with E-state index in [9.17, 15) is 13.5 Å². The summed E-state index contributed by atoms with van der Waals surface area (Å²) in [5.41, 5.74) is 4.03. The number of aliphatic hydroxyl groups is 1. The van der Waals surface area contributed by atoms with Crippen LogP contribution in [0.4, 0.5) is 17.3 Å². The standard InChI is InChI=1S/C35H42N10O3S/c1-35(25-46)10-13-44(14-11-35)31-19-33(40-32-9-12-36-34(41-32)28-22-39-45(23-28)49(47,48)30-7-8-30)38-21-27(31)5-3-26-4-6-29(37-20-26)24-43-17-15-42(2)16-18-43/h4,6,9,12,19-23,30,46H,7-8,10-11,13-18,24-25H2,1-2H3,(H,36,38,40,41). The molecule has 3 aliphatic rings. The molecule has 14 heteroatoms. The third kappa shape index (κ3) is 7.75. The van der Waals surface area contributed by atoms with Crippen molar-refractivity contribution in [3.05, 3.63) is 72.1 Å². The van der Waals surface area contributed by atoms with E-state index in [0.29, 0.717) is 35.9 Å². The molecule has 2 saturated heterocycles. The van der Waals surface area contributed by atoms with E-state index in [4.69, 9.17) is 4.98 Å². The Morgan fingerprint density at radius 2 is 1.76 bits per heavy atom. The maximum atomic E-state index is 12.6. The van der Waals surface area contributed by atoms with Crippen molar-refractivity contribution in [2.45, 2.75) is 44.4 Å². The third-order valence-corrected chi connectivity index (χ3v) is 11.7. The molecule has 4 aromatic rings. The van der Waals surface area contributed by atoms with Crippen molar-refractivity contribution in [2.24, 2.45) is 5.41 Å². The monoisotopic (exact) mass is 682 g/mol. The van der Waals surface area contributed by atoms with Crippen LogP contribution in [0.5, 0.6) is 0 Å². The fourth-order valence-corrected chi connectivity index (χ4v) is 7.54. The van der Waals surface area contributed by atoms with Gasteiger partial charge in [0.15, 0.2) is 5.82 Å². The van der Waals surface area contributed by atoms with Gasteiger partial charge in [0.2, 0.25) is 0 Å². The minimum atomic E-state index is -3.48. The van der Waals surface area contributed by atoms with Gasteiger partial charge in [-0.15, -0.1) is 0 Å². The highest BCUT2D eigenvalue weighted by molar-refractivity contribution is 7.90. The minimum Gasteiger partial charge on any atom is -0.396 e. The lowest BCUT2D eigenvalue weighted by Gasteiger charge is -2.39. The number of nitrogens with one attached hydrogen (secondary N) is 1. The van der Waals surface area contributed by atoms with Gasteiger partial charge in [-0.1, -0.05) is 18.8 Å². The molecule has 0 unspecified atom stereocenters. The highest BCUT2D eigenvalue weighted by Gasteiger charge is 2.38. The molecule has 49 heavy (non-hydrogen) atoms. The molecule has 0 radical (unpaired) electrons. The van der Waals surface area contributed by atoms with Crippen LogP contribution in [0, 0.1) is 17.3 Å². The molecule has 7 rings (SSSR count). The van der Waals surface area contributed by atoms with Gasteiger partial charge in [-0.05, 0) is 56.3 Å². The van der Waals surface area contributed by atoms with Crippen LogP contribution in [-0.2, 0) is 16.6 Å². The zero-order valence-electron chi connectivity index (χ0n) is 28.0. The molecular weight excluding hydrogens is 641 g/mol. The van der Waals surface area contributed by atoms with Crippen molar-refractivity contribution in [1.82, 2.24) is 38.9 Å². The average Bonchev–Trinajstić information content (AvgIpc) is 3.87. The molecule has 1 aliphatic carbocycles. The first-order valence-electron chi connectivity index (χ1n) is 16.8. The van der Waals surface area contributed by atoms with Gasteiger partial charge < -0.3 is 20.2 Å². The van der Waals surface area contributed by atoms with Crippen LogP contribution < -0.4 is 10.2 Å².